The van der Waals surface area contributed by atoms with E-state index >= 15 is 0 Å². The lowest BCUT2D eigenvalue weighted by Crippen LogP contribution is -2.43. The number of amides is 1. The molecular weight excluding hydrogens is 368 g/mol. The van der Waals surface area contributed by atoms with Crippen LogP contribution in [0.3, 0.4) is 0 Å². The molecule has 1 aliphatic rings. The van der Waals surface area contributed by atoms with E-state index in [9.17, 15) is 4.79 Å². The smallest absolute Gasteiger partial charge is 0.226 e. The minimum absolute atomic E-state index is 0.0706. The SMILES string of the molecule is O=C(NCCCn1ccnc1)[C@H]1CCCN(c2nc(Cl)nc3nc[nH]c23)C1. The Morgan fingerprint density at radius 3 is 3.19 bits per heavy atom. The van der Waals surface area contributed by atoms with Crippen molar-refractivity contribution in [2.24, 2.45) is 5.92 Å². The van der Waals surface area contributed by atoms with Crippen LogP contribution in [0.1, 0.15) is 19.3 Å². The molecule has 10 heteroatoms. The van der Waals surface area contributed by atoms with Crippen molar-refractivity contribution in [2.75, 3.05) is 24.5 Å². The molecular formula is C17H21ClN8O. The summed E-state index contributed by atoms with van der Waals surface area (Å²) in [6, 6.07) is 0. The second-order valence-corrected chi connectivity index (χ2v) is 6.99. The lowest BCUT2D eigenvalue weighted by Gasteiger charge is -2.33. The highest BCUT2D eigenvalue weighted by Gasteiger charge is 2.28. The Morgan fingerprint density at radius 2 is 2.33 bits per heavy atom. The zero-order valence-corrected chi connectivity index (χ0v) is 15.6. The second-order valence-electron chi connectivity index (χ2n) is 6.65. The monoisotopic (exact) mass is 388 g/mol. The Labute approximate surface area is 161 Å². The van der Waals surface area contributed by atoms with Gasteiger partial charge in [-0.05, 0) is 30.9 Å². The lowest BCUT2D eigenvalue weighted by molar-refractivity contribution is -0.125. The Bertz CT molecular complexity index is 909. The highest BCUT2D eigenvalue weighted by atomic mass is 35.5. The highest BCUT2D eigenvalue weighted by molar-refractivity contribution is 6.28. The maximum absolute atomic E-state index is 12.6. The molecule has 1 aliphatic heterocycles. The summed E-state index contributed by atoms with van der Waals surface area (Å²) >= 11 is 6.04. The minimum atomic E-state index is -0.0706. The van der Waals surface area contributed by atoms with Crippen LogP contribution in [0.25, 0.3) is 11.2 Å². The first kappa shape index (κ1) is 17.7. The predicted octanol–water partition coefficient (Wildman–Crippen LogP) is 1.63. The summed E-state index contributed by atoms with van der Waals surface area (Å²) < 4.78 is 2.00. The summed E-state index contributed by atoms with van der Waals surface area (Å²) in [6.07, 6.45) is 9.70. The number of imidazole rings is 2. The summed E-state index contributed by atoms with van der Waals surface area (Å²) in [5, 5.41) is 3.21. The van der Waals surface area contributed by atoms with Crippen LogP contribution in [0.4, 0.5) is 5.82 Å². The number of carbonyl (C=O) groups excluding carboxylic acids is 1. The van der Waals surface area contributed by atoms with Gasteiger partial charge in [-0.2, -0.15) is 9.97 Å². The molecule has 27 heavy (non-hydrogen) atoms. The Morgan fingerprint density at radius 1 is 1.41 bits per heavy atom. The van der Waals surface area contributed by atoms with Gasteiger partial charge in [0.15, 0.2) is 11.5 Å². The van der Waals surface area contributed by atoms with E-state index in [4.69, 9.17) is 11.6 Å². The van der Waals surface area contributed by atoms with E-state index in [1.807, 2.05) is 10.8 Å². The first-order chi connectivity index (χ1) is 13.2. The number of H-pyrrole nitrogens is 1. The van der Waals surface area contributed by atoms with Gasteiger partial charge in [-0.1, -0.05) is 0 Å². The highest BCUT2D eigenvalue weighted by Crippen LogP contribution is 2.27. The predicted molar refractivity (Wildman–Crippen MR) is 101 cm³/mol. The third kappa shape index (κ3) is 4.02. The molecule has 4 rings (SSSR count). The van der Waals surface area contributed by atoms with Crippen LogP contribution in [-0.2, 0) is 11.3 Å². The van der Waals surface area contributed by atoms with Crippen LogP contribution in [0, 0.1) is 5.92 Å². The molecule has 3 aromatic rings. The van der Waals surface area contributed by atoms with Crippen molar-refractivity contribution < 1.29 is 4.79 Å². The molecule has 9 nitrogen and oxygen atoms in total. The maximum atomic E-state index is 12.6. The molecule has 0 aromatic carbocycles. The second kappa shape index (κ2) is 7.91. The van der Waals surface area contributed by atoms with E-state index in [0.29, 0.717) is 24.6 Å². The number of rotatable bonds is 6. The van der Waals surface area contributed by atoms with Crippen molar-refractivity contribution in [1.29, 1.82) is 0 Å². The fraction of sp³-hybridized carbons (Fsp3) is 0.471. The Hall–Kier alpha value is -2.68. The third-order valence-electron chi connectivity index (χ3n) is 4.78. The van der Waals surface area contributed by atoms with Gasteiger partial charge in [0.2, 0.25) is 11.2 Å². The molecule has 142 valence electrons. The molecule has 0 radical (unpaired) electrons. The fourth-order valence-electron chi connectivity index (χ4n) is 3.44. The van der Waals surface area contributed by atoms with Gasteiger partial charge in [-0.3, -0.25) is 4.79 Å². The molecule has 1 saturated heterocycles. The first-order valence-corrected chi connectivity index (χ1v) is 9.43. The molecule has 2 N–H and O–H groups in total. The number of hydrogen-bond acceptors (Lipinski definition) is 6. The molecule has 3 aromatic heterocycles. The maximum Gasteiger partial charge on any atom is 0.226 e. The first-order valence-electron chi connectivity index (χ1n) is 9.06. The van der Waals surface area contributed by atoms with Crippen LogP contribution < -0.4 is 10.2 Å². The molecule has 0 bridgehead atoms. The average Bonchev–Trinajstić information content (AvgIpc) is 3.36. The van der Waals surface area contributed by atoms with Crippen molar-refractivity contribution in [3.8, 4) is 0 Å². The number of nitrogens with zero attached hydrogens (tertiary/aromatic N) is 6. The summed E-state index contributed by atoms with van der Waals surface area (Å²) in [4.78, 5) is 34.4. The van der Waals surface area contributed by atoms with E-state index in [1.54, 1.807) is 18.9 Å². The van der Waals surface area contributed by atoms with Crippen LogP contribution >= 0.6 is 11.6 Å². The van der Waals surface area contributed by atoms with Gasteiger partial charge in [-0.15, -0.1) is 0 Å². The van der Waals surface area contributed by atoms with Gasteiger partial charge < -0.3 is 19.8 Å². The number of aromatic amines is 1. The Kier molecular flexibility index (Phi) is 5.19. The van der Waals surface area contributed by atoms with Crippen molar-refractivity contribution in [1.82, 2.24) is 34.8 Å². The minimum Gasteiger partial charge on any atom is -0.356 e. The molecule has 4 heterocycles. The van der Waals surface area contributed by atoms with E-state index in [2.05, 4.69) is 35.1 Å². The number of piperidine rings is 1. The van der Waals surface area contributed by atoms with Crippen molar-refractivity contribution in [3.05, 3.63) is 30.3 Å². The number of hydrogen-bond donors (Lipinski definition) is 2. The van der Waals surface area contributed by atoms with Crippen molar-refractivity contribution in [2.45, 2.75) is 25.8 Å². The van der Waals surface area contributed by atoms with Crippen LogP contribution in [0.5, 0.6) is 0 Å². The van der Waals surface area contributed by atoms with Crippen LogP contribution in [0.15, 0.2) is 25.0 Å². The van der Waals surface area contributed by atoms with E-state index in [0.717, 1.165) is 37.9 Å². The molecule has 0 aliphatic carbocycles. The van der Waals surface area contributed by atoms with E-state index in [1.165, 1.54) is 0 Å². The number of carbonyl (C=O) groups is 1. The van der Waals surface area contributed by atoms with Crippen LogP contribution in [-0.4, -0.2) is 55.0 Å². The topological polar surface area (TPSA) is 105 Å². The van der Waals surface area contributed by atoms with Gasteiger partial charge in [0.25, 0.3) is 0 Å². The third-order valence-corrected chi connectivity index (χ3v) is 4.95. The summed E-state index contributed by atoms with van der Waals surface area (Å²) in [6.45, 7) is 2.92. The quantitative estimate of drug-likeness (QED) is 0.491. The number of fused-ring (bicyclic) bond motifs is 1. The standard InChI is InChI=1S/C17H21ClN8O/c18-17-23-14-13(21-10-22-14)15(24-17)26-7-1-3-12(9-26)16(27)20-4-2-6-25-8-5-19-11-25/h5,8,10-12H,1-4,6-7,9H2,(H,20,27)(H,21,22,23,24)/t12-/m0/s1. The summed E-state index contributed by atoms with van der Waals surface area (Å²) in [5.74, 6) is 0.727. The average molecular weight is 389 g/mol. The van der Waals surface area contributed by atoms with E-state index < -0.39 is 0 Å². The number of halogens is 1. The molecule has 1 atom stereocenters. The van der Waals surface area contributed by atoms with Crippen molar-refractivity contribution in [3.63, 3.8) is 0 Å². The number of aromatic nitrogens is 6. The summed E-state index contributed by atoms with van der Waals surface area (Å²) in [7, 11) is 0. The molecule has 1 fully saturated rings. The number of aryl methyl sites for hydroxylation is 1. The van der Waals surface area contributed by atoms with Gasteiger partial charge in [0.1, 0.15) is 5.52 Å². The van der Waals surface area contributed by atoms with E-state index in [-0.39, 0.29) is 17.1 Å². The van der Waals surface area contributed by atoms with Gasteiger partial charge >= 0.3 is 0 Å². The Balaban J connectivity index is 1.36. The molecule has 0 saturated carbocycles. The largest absolute Gasteiger partial charge is 0.356 e. The molecule has 0 spiro atoms. The lowest BCUT2D eigenvalue weighted by atomic mass is 9.97. The number of anilines is 1. The normalized spacial score (nSPS) is 17.4. The van der Waals surface area contributed by atoms with Gasteiger partial charge in [0.05, 0.1) is 18.6 Å². The van der Waals surface area contributed by atoms with Gasteiger partial charge in [0, 0.05) is 38.6 Å². The molecule has 0 unspecified atom stereocenters. The summed E-state index contributed by atoms with van der Waals surface area (Å²) in [5.41, 5.74) is 1.29. The number of nitrogens with one attached hydrogen (secondary N) is 2. The zero-order chi connectivity index (χ0) is 18.6. The van der Waals surface area contributed by atoms with Gasteiger partial charge in [-0.25, -0.2) is 9.97 Å². The van der Waals surface area contributed by atoms with Crippen LogP contribution in [0.2, 0.25) is 5.28 Å². The molecule has 1 amide bonds. The fourth-order valence-corrected chi connectivity index (χ4v) is 3.60. The zero-order valence-electron chi connectivity index (χ0n) is 14.8. The van der Waals surface area contributed by atoms with Crippen molar-refractivity contribution >= 4 is 34.5 Å².